The van der Waals surface area contributed by atoms with Crippen LogP contribution < -0.4 is 5.32 Å². The maximum atomic E-state index is 12.1. The van der Waals surface area contributed by atoms with Crippen LogP contribution in [-0.4, -0.2) is 29.7 Å². The summed E-state index contributed by atoms with van der Waals surface area (Å²) in [7, 11) is 0. The number of amides is 1. The molecule has 0 spiro atoms. The molecule has 1 fully saturated rings. The highest BCUT2D eigenvalue weighted by Crippen LogP contribution is 2.24. The molecule has 1 heterocycles. The summed E-state index contributed by atoms with van der Waals surface area (Å²) in [5.74, 6) is -1.03. The highest BCUT2D eigenvalue weighted by Gasteiger charge is 2.31. The van der Waals surface area contributed by atoms with Gasteiger partial charge in [0.1, 0.15) is 6.10 Å². The number of aromatic carboxylic acids is 1. The van der Waals surface area contributed by atoms with Crippen molar-refractivity contribution >= 4 is 17.6 Å². The molecule has 1 amide bonds. The molecule has 1 saturated heterocycles. The van der Waals surface area contributed by atoms with Gasteiger partial charge >= 0.3 is 5.97 Å². The van der Waals surface area contributed by atoms with Crippen molar-refractivity contribution in [1.82, 2.24) is 0 Å². The first-order valence-electron chi connectivity index (χ1n) is 6.26. The lowest BCUT2D eigenvalue weighted by atomic mass is 10.0. The zero-order valence-electron chi connectivity index (χ0n) is 11.0. The summed E-state index contributed by atoms with van der Waals surface area (Å²) in [6.07, 6.45) is 0.416. The van der Waals surface area contributed by atoms with Crippen molar-refractivity contribution in [3.05, 3.63) is 29.3 Å². The van der Waals surface area contributed by atoms with Crippen molar-refractivity contribution in [3.8, 4) is 0 Å². The van der Waals surface area contributed by atoms with Crippen molar-refractivity contribution in [2.75, 3.05) is 11.9 Å². The van der Waals surface area contributed by atoms with Crippen molar-refractivity contribution in [1.29, 1.82) is 0 Å². The molecule has 2 N–H and O–H groups in total. The van der Waals surface area contributed by atoms with E-state index in [0.29, 0.717) is 17.9 Å². The summed E-state index contributed by atoms with van der Waals surface area (Å²) < 4.78 is 5.39. The Morgan fingerprint density at radius 2 is 2.16 bits per heavy atom. The molecule has 0 bridgehead atoms. The fourth-order valence-electron chi connectivity index (χ4n) is 2.24. The van der Waals surface area contributed by atoms with E-state index in [9.17, 15) is 9.59 Å². The number of benzene rings is 1. The minimum absolute atomic E-state index is 0.183. The molecule has 1 aromatic carbocycles. The van der Waals surface area contributed by atoms with Gasteiger partial charge in [-0.2, -0.15) is 0 Å². The quantitative estimate of drug-likeness (QED) is 0.875. The average Bonchev–Trinajstić information content (AvgIpc) is 2.77. The maximum Gasteiger partial charge on any atom is 0.336 e. The number of anilines is 1. The summed E-state index contributed by atoms with van der Waals surface area (Å²) >= 11 is 0. The van der Waals surface area contributed by atoms with Crippen LogP contribution in [0, 0.1) is 12.8 Å². The molecule has 5 nitrogen and oxygen atoms in total. The van der Waals surface area contributed by atoms with E-state index < -0.39 is 12.1 Å². The SMILES string of the molecule is Cc1c(NC(=O)C2OCCC2C)cccc1C(=O)O. The van der Waals surface area contributed by atoms with Gasteiger partial charge in [-0.05, 0) is 37.0 Å². The Morgan fingerprint density at radius 3 is 2.74 bits per heavy atom. The molecule has 19 heavy (non-hydrogen) atoms. The molecule has 1 aromatic rings. The zero-order chi connectivity index (χ0) is 14.0. The van der Waals surface area contributed by atoms with Gasteiger partial charge in [0.15, 0.2) is 0 Å². The standard InChI is InChI=1S/C14H17NO4/c1-8-6-7-19-12(8)13(16)15-11-5-3-4-10(9(11)2)14(17)18/h3-5,8,12H,6-7H2,1-2H3,(H,15,16)(H,17,18). The van der Waals surface area contributed by atoms with Gasteiger partial charge in [0.05, 0.1) is 5.56 Å². The molecule has 2 rings (SSSR count). The molecule has 1 aliphatic heterocycles. The average molecular weight is 263 g/mol. The van der Waals surface area contributed by atoms with Crippen LogP contribution in [0.15, 0.2) is 18.2 Å². The first-order valence-corrected chi connectivity index (χ1v) is 6.26. The largest absolute Gasteiger partial charge is 0.478 e. The Hall–Kier alpha value is -1.88. The number of carboxylic acid groups (broad SMARTS) is 1. The van der Waals surface area contributed by atoms with Crippen molar-refractivity contribution in [3.63, 3.8) is 0 Å². The van der Waals surface area contributed by atoms with Crippen LogP contribution in [0.4, 0.5) is 5.69 Å². The van der Waals surface area contributed by atoms with Gasteiger partial charge in [0.2, 0.25) is 0 Å². The second kappa shape index (κ2) is 5.40. The van der Waals surface area contributed by atoms with Crippen molar-refractivity contribution in [2.45, 2.75) is 26.4 Å². The Kier molecular flexibility index (Phi) is 3.85. The van der Waals surface area contributed by atoms with E-state index >= 15 is 0 Å². The van der Waals surface area contributed by atoms with E-state index in [0.717, 1.165) is 6.42 Å². The highest BCUT2D eigenvalue weighted by atomic mass is 16.5. The Morgan fingerprint density at radius 1 is 1.42 bits per heavy atom. The maximum absolute atomic E-state index is 12.1. The van der Waals surface area contributed by atoms with E-state index in [1.54, 1.807) is 19.1 Å². The van der Waals surface area contributed by atoms with Crippen LogP contribution in [0.2, 0.25) is 0 Å². The Balaban J connectivity index is 2.17. The first kappa shape index (κ1) is 13.5. The summed E-state index contributed by atoms with van der Waals surface area (Å²) in [5, 5.41) is 11.8. The van der Waals surface area contributed by atoms with E-state index in [1.807, 2.05) is 6.92 Å². The lowest BCUT2D eigenvalue weighted by molar-refractivity contribution is -0.126. The molecule has 2 unspecified atom stereocenters. The number of hydrogen-bond donors (Lipinski definition) is 2. The zero-order valence-corrected chi connectivity index (χ0v) is 11.0. The second-order valence-corrected chi connectivity index (χ2v) is 4.83. The van der Waals surface area contributed by atoms with E-state index in [-0.39, 0.29) is 17.4 Å². The minimum atomic E-state index is -1.00. The summed E-state index contributed by atoms with van der Waals surface area (Å²) in [4.78, 5) is 23.1. The van der Waals surface area contributed by atoms with Crippen LogP contribution in [-0.2, 0) is 9.53 Å². The predicted octanol–water partition coefficient (Wildman–Crippen LogP) is 2.06. The van der Waals surface area contributed by atoms with Crippen LogP contribution in [0.1, 0.15) is 29.3 Å². The molecule has 102 valence electrons. The van der Waals surface area contributed by atoms with E-state index in [4.69, 9.17) is 9.84 Å². The number of carbonyl (C=O) groups excluding carboxylic acids is 1. The number of carbonyl (C=O) groups is 2. The number of hydrogen-bond acceptors (Lipinski definition) is 3. The number of ether oxygens (including phenoxy) is 1. The van der Waals surface area contributed by atoms with Gasteiger partial charge in [0, 0.05) is 12.3 Å². The van der Waals surface area contributed by atoms with Crippen LogP contribution in [0.5, 0.6) is 0 Å². The molecule has 2 atom stereocenters. The number of carboxylic acids is 1. The number of nitrogens with one attached hydrogen (secondary N) is 1. The van der Waals surface area contributed by atoms with Gasteiger partial charge in [-0.1, -0.05) is 13.0 Å². The van der Waals surface area contributed by atoms with Gasteiger partial charge in [-0.3, -0.25) is 4.79 Å². The molecule has 0 saturated carbocycles. The Bertz CT molecular complexity index is 512. The minimum Gasteiger partial charge on any atom is -0.478 e. The van der Waals surface area contributed by atoms with E-state index in [1.165, 1.54) is 6.07 Å². The monoisotopic (exact) mass is 263 g/mol. The third-order valence-electron chi connectivity index (χ3n) is 3.47. The van der Waals surface area contributed by atoms with Gasteiger partial charge in [0.25, 0.3) is 5.91 Å². The summed E-state index contributed by atoms with van der Waals surface area (Å²) in [5.41, 5.74) is 1.26. The molecule has 1 aliphatic rings. The van der Waals surface area contributed by atoms with E-state index in [2.05, 4.69) is 5.32 Å². The van der Waals surface area contributed by atoms with Crippen molar-refractivity contribution < 1.29 is 19.4 Å². The Labute approximate surface area is 111 Å². The fourth-order valence-corrected chi connectivity index (χ4v) is 2.24. The normalized spacial score (nSPS) is 22.2. The second-order valence-electron chi connectivity index (χ2n) is 4.83. The lowest BCUT2D eigenvalue weighted by Crippen LogP contribution is -2.31. The first-order chi connectivity index (χ1) is 9.00. The smallest absolute Gasteiger partial charge is 0.336 e. The van der Waals surface area contributed by atoms with Gasteiger partial charge in [-0.25, -0.2) is 4.79 Å². The topological polar surface area (TPSA) is 75.6 Å². The summed E-state index contributed by atoms with van der Waals surface area (Å²) in [6, 6.07) is 4.83. The lowest BCUT2D eigenvalue weighted by Gasteiger charge is -2.16. The molecular formula is C14H17NO4. The molecular weight excluding hydrogens is 246 g/mol. The molecule has 0 aliphatic carbocycles. The van der Waals surface area contributed by atoms with Crippen LogP contribution in [0.3, 0.4) is 0 Å². The number of rotatable bonds is 3. The molecule has 0 radical (unpaired) electrons. The highest BCUT2D eigenvalue weighted by molar-refractivity contribution is 5.98. The predicted molar refractivity (Wildman–Crippen MR) is 70.3 cm³/mol. The molecule has 5 heteroatoms. The third kappa shape index (κ3) is 2.76. The van der Waals surface area contributed by atoms with Crippen LogP contribution in [0.25, 0.3) is 0 Å². The summed E-state index contributed by atoms with van der Waals surface area (Å²) in [6.45, 7) is 4.24. The third-order valence-corrected chi connectivity index (χ3v) is 3.47. The van der Waals surface area contributed by atoms with Gasteiger partial charge < -0.3 is 15.2 Å². The van der Waals surface area contributed by atoms with Crippen LogP contribution >= 0.6 is 0 Å². The molecule has 0 aromatic heterocycles. The van der Waals surface area contributed by atoms with Gasteiger partial charge in [-0.15, -0.1) is 0 Å². The fraction of sp³-hybridized carbons (Fsp3) is 0.429. The van der Waals surface area contributed by atoms with Crippen molar-refractivity contribution in [2.24, 2.45) is 5.92 Å².